The van der Waals surface area contributed by atoms with Crippen molar-refractivity contribution in [3.63, 3.8) is 0 Å². The molecule has 2 aromatic rings. The Balaban J connectivity index is 1.69. The van der Waals surface area contributed by atoms with Gasteiger partial charge >= 0.3 is 0 Å². The smallest absolute Gasteiger partial charge is 0.132 e. The van der Waals surface area contributed by atoms with Crippen molar-refractivity contribution in [2.75, 3.05) is 31.1 Å². The summed E-state index contributed by atoms with van der Waals surface area (Å²) in [6, 6.07) is 10.6. The van der Waals surface area contributed by atoms with Gasteiger partial charge in [-0.25, -0.2) is 4.98 Å². The third-order valence-corrected chi connectivity index (χ3v) is 4.62. The normalized spacial score (nSPS) is 14.9. The van der Waals surface area contributed by atoms with Crippen LogP contribution in [0, 0.1) is 0 Å². The van der Waals surface area contributed by atoms with E-state index in [1.54, 1.807) is 12.3 Å². The van der Waals surface area contributed by atoms with Crippen molar-refractivity contribution in [3.8, 4) is 5.75 Å². The van der Waals surface area contributed by atoms with Gasteiger partial charge in [0.25, 0.3) is 0 Å². The predicted molar refractivity (Wildman–Crippen MR) is 104 cm³/mol. The molecule has 1 aliphatic heterocycles. The maximum Gasteiger partial charge on any atom is 0.132 e. The van der Waals surface area contributed by atoms with Crippen molar-refractivity contribution in [1.29, 1.82) is 0 Å². The van der Waals surface area contributed by atoms with Gasteiger partial charge < -0.3 is 14.5 Å². The van der Waals surface area contributed by atoms with Crippen molar-refractivity contribution >= 4 is 23.4 Å². The van der Waals surface area contributed by atoms with Gasteiger partial charge in [-0.1, -0.05) is 23.7 Å². The van der Waals surface area contributed by atoms with Crippen molar-refractivity contribution in [2.45, 2.75) is 20.4 Å². The number of rotatable bonds is 5. The number of hydrogen-bond donors (Lipinski definition) is 0. The number of fused-ring (bicyclic) bond motifs is 1. The standard InChI is InChI=1S/C20H24ClN3O/c1-3-24(4-2)18-7-5-16(6-8-18)15-23-10-9-17-14-22-20(21)13-19(17)25-12-11-23/h5-10,13-14H,3-4,11-12,15H2,1-2H3/b10-9-. The molecule has 0 aliphatic carbocycles. The molecule has 0 amide bonds. The van der Waals surface area contributed by atoms with Gasteiger partial charge in [0.1, 0.15) is 17.5 Å². The van der Waals surface area contributed by atoms with Crippen LogP contribution in [0.15, 0.2) is 42.7 Å². The lowest BCUT2D eigenvalue weighted by Crippen LogP contribution is -2.24. The van der Waals surface area contributed by atoms with E-state index in [9.17, 15) is 0 Å². The molecule has 0 saturated carbocycles. The number of anilines is 1. The Labute approximate surface area is 154 Å². The van der Waals surface area contributed by atoms with E-state index in [2.05, 4.69) is 59.1 Å². The van der Waals surface area contributed by atoms with Gasteiger partial charge in [-0.05, 0) is 37.6 Å². The molecule has 0 unspecified atom stereocenters. The highest BCUT2D eigenvalue weighted by molar-refractivity contribution is 6.29. The molecule has 2 heterocycles. The second kappa shape index (κ2) is 8.26. The zero-order valence-electron chi connectivity index (χ0n) is 14.8. The van der Waals surface area contributed by atoms with Crippen LogP contribution in [0.5, 0.6) is 5.75 Å². The van der Waals surface area contributed by atoms with Gasteiger partial charge in [-0.15, -0.1) is 0 Å². The van der Waals surface area contributed by atoms with Crippen LogP contribution in [-0.2, 0) is 6.54 Å². The van der Waals surface area contributed by atoms with E-state index in [1.165, 1.54) is 11.3 Å². The maximum atomic E-state index is 5.93. The zero-order chi connectivity index (χ0) is 17.6. The van der Waals surface area contributed by atoms with Crippen molar-refractivity contribution in [2.24, 2.45) is 0 Å². The van der Waals surface area contributed by atoms with Crippen LogP contribution >= 0.6 is 11.6 Å². The monoisotopic (exact) mass is 357 g/mol. The molecule has 1 aliphatic rings. The van der Waals surface area contributed by atoms with Crippen molar-refractivity contribution < 1.29 is 4.74 Å². The van der Waals surface area contributed by atoms with Crippen LogP contribution in [0.25, 0.3) is 6.08 Å². The highest BCUT2D eigenvalue weighted by Gasteiger charge is 2.10. The molecule has 0 bridgehead atoms. The molecule has 0 atom stereocenters. The van der Waals surface area contributed by atoms with Crippen molar-refractivity contribution in [3.05, 3.63) is 59.0 Å². The number of aromatic nitrogens is 1. The van der Waals surface area contributed by atoms with E-state index in [1.807, 2.05) is 6.08 Å². The number of nitrogens with zero attached hydrogens (tertiary/aromatic N) is 3. The fraction of sp³-hybridized carbons (Fsp3) is 0.350. The second-order valence-electron chi connectivity index (χ2n) is 6.02. The van der Waals surface area contributed by atoms with Gasteiger partial charge in [0.15, 0.2) is 0 Å². The molecule has 25 heavy (non-hydrogen) atoms. The zero-order valence-corrected chi connectivity index (χ0v) is 15.5. The molecule has 1 aromatic heterocycles. The highest BCUT2D eigenvalue weighted by Crippen LogP contribution is 2.24. The summed E-state index contributed by atoms with van der Waals surface area (Å²) in [5.41, 5.74) is 3.51. The molecule has 132 valence electrons. The lowest BCUT2D eigenvalue weighted by Gasteiger charge is -2.24. The van der Waals surface area contributed by atoms with E-state index < -0.39 is 0 Å². The van der Waals surface area contributed by atoms with Crippen molar-refractivity contribution in [1.82, 2.24) is 9.88 Å². The summed E-state index contributed by atoms with van der Waals surface area (Å²) >= 11 is 5.93. The number of halogens is 1. The third-order valence-electron chi connectivity index (χ3n) is 4.41. The average Bonchev–Trinajstić information content (AvgIpc) is 2.61. The summed E-state index contributed by atoms with van der Waals surface area (Å²) < 4.78 is 5.83. The van der Waals surface area contributed by atoms with Crippen LogP contribution in [0.2, 0.25) is 5.15 Å². The second-order valence-corrected chi connectivity index (χ2v) is 6.41. The van der Waals surface area contributed by atoms with E-state index in [0.29, 0.717) is 11.8 Å². The van der Waals surface area contributed by atoms with Gasteiger partial charge in [-0.3, -0.25) is 0 Å². The van der Waals surface area contributed by atoms with Crippen LogP contribution < -0.4 is 9.64 Å². The molecular formula is C20H24ClN3O. The number of ether oxygens (including phenoxy) is 1. The van der Waals surface area contributed by atoms with E-state index >= 15 is 0 Å². The van der Waals surface area contributed by atoms with Gasteiger partial charge in [0.2, 0.25) is 0 Å². The SMILES string of the molecule is CCN(CC)c1ccc(CN2/C=C\c3cnc(Cl)cc3OCC2)cc1. The predicted octanol–water partition coefficient (Wildman–Crippen LogP) is 4.45. The van der Waals surface area contributed by atoms with Crippen LogP contribution in [0.4, 0.5) is 5.69 Å². The lowest BCUT2D eigenvalue weighted by molar-refractivity contribution is 0.247. The average molecular weight is 358 g/mol. The first-order chi connectivity index (χ1) is 12.2. The van der Waals surface area contributed by atoms with E-state index in [0.717, 1.165) is 37.5 Å². The Morgan fingerprint density at radius 1 is 1.20 bits per heavy atom. The number of hydrogen-bond acceptors (Lipinski definition) is 4. The van der Waals surface area contributed by atoms with Crippen LogP contribution in [0.1, 0.15) is 25.0 Å². The summed E-state index contributed by atoms with van der Waals surface area (Å²) in [4.78, 5) is 8.73. The van der Waals surface area contributed by atoms with E-state index in [-0.39, 0.29) is 0 Å². The van der Waals surface area contributed by atoms with Gasteiger partial charge in [-0.2, -0.15) is 0 Å². The largest absolute Gasteiger partial charge is 0.491 e. The van der Waals surface area contributed by atoms with Gasteiger partial charge in [0.05, 0.1) is 6.54 Å². The summed E-state index contributed by atoms with van der Waals surface area (Å²) in [5, 5.41) is 0.456. The first kappa shape index (κ1) is 17.6. The quantitative estimate of drug-likeness (QED) is 0.739. The molecule has 4 nitrogen and oxygen atoms in total. The minimum absolute atomic E-state index is 0.456. The first-order valence-electron chi connectivity index (χ1n) is 8.74. The van der Waals surface area contributed by atoms with E-state index in [4.69, 9.17) is 16.3 Å². The summed E-state index contributed by atoms with van der Waals surface area (Å²) in [7, 11) is 0. The van der Waals surface area contributed by atoms with Crippen LogP contribution in [0.3, 0.4) is 0 Å². The molecule has 0 radical (unpaired) electrons. The Morgan fingerprint density at radius 3 is 2.68 bits per heavy atom. The molecule has 0 spiro atoms. The minimum Gasteiger partial charge on any atom is -0.491 e. The molecule has 0 saturated heterocycles. The topological polar surface area (TPSA) is 28.6 Å². The fourth-order valence-corrected chi connectivity index (χ4v) is 3.12. The summed E-state index contributed by atoms with van der Waals surface area (Å²) in [6.07, 6.45) is 5.88. The Kier molecular flexibility index (Phi) is 5.82. The summed E-state index contributed by atoms with van der Waals surface area (Å²) in [6.45, 7) is 8.72. The molecule has 3 rings (SSSR count). The highest BCUT2D eigenvalue weighted by atomic mass is 35.5. The lowest BCUT2D eigenvalue weighted by atomic mass is 10.1. The molecule has 5 heteroatoms. The number of pyridine rings is 1. The Hall–Kier alpha value is -2.20. The third kappa shape index (κ3) is 4.45. The molecule has 0 N–H and O–H groups in total. The Bertz CT molecular complexity index is 726. The minimum atomic E-state index is 0.456. The van der Waals surface area contributed by atoms with Crippen LogP contribution in [-0.4, -0.2) is 36.1 Å². The van der Waals surface area contributed by atoms with Gasteiger partial charge in [0, 0.05) is 49.3 Å². The molecule has 1 aromatic carbocycles. The molecular weight excluding hydrogens is 334 g/mol. The fourth-order valence-electron chi connectivity index (χ4n) is 2.97. The Morgan fingerprint density at radius 2 is 1.96 bits per heavy atom. The number of benzene rings is 1. The maximum absolute atomic E-state index is 5.93. The first-order valence-corrected chi connectivity index (χ1v) is 9.12. The molecule has 0 fully saturated rings. The summed E-state index contributed by atoms with van der Waals surface area (Å²) in [5.74, 6) is 0.791.